The van der Waals surface area contributed by atoms with E-state index >= 15 is 0 Å². The summed E-state index contributed by atoms with van der Waals surface area (Å²) in [6.07, 6.45) is 0. The van der Waals surface area contributed by atoms with E-state index in [1.54, 1.807) is 76.2 Å². The van der Waals surface area contributed by atoms with Crippen molar-refractivity contribution in [2.45, 2.75) is 90.4 Å². The number of ether oxygens (including phenoxy) is 4. The fourth-order valence-electron chi connectivity index (χ4n) is 7.10. The van der Waals surface area contributed by atoms with E-state index in [0.29, 0.717) is 21.5 Å². The van der Waals surface area contributed by atoms with Crippen molar-refractivity contribution in [2.75, 3.05) is 0 Å². The van der Waals surface area contributed by atoms with Crippen molar-refractivity contribution >= 4 is 40.3 Å². The molecule has 2 aliphatic rings. The van der Waals surface area contributed by atoms with E-state index in [-0.39, 0.29) is 17.0 Å². The van der Waals surface area contributed by atoms with Crippen molar-refractivity contribution < 1.29 is 43.2 Å². The number of nitrogens with zero attached hydrogens (tertiary/aromatic N) is 2. The van der Waals surface area contributed by atoms with E-state index in [0.717, 1.165) is 0 Å². The van der Waals surface area contributed by atoms with Gasteiger partial charge in [-0.1, -0.05) is 36.4 Å². The van der Waals surface area contributed by atoms with Gasteiger partial charge < -0.3 is 24.1 Å². The molecule has 5 rings (SSSR count). The number of carbonyl (C=O) groups excluding carboxylic acids is 4. The van der Waals surface area contributed by atoms with Crippen LogP contribution in [0.15, 0.2) is 53.5 Å². The van der Waals surface area contributed by atoms with Gasteiger partial charge in [0.05, 0.1) is 22.0 Å². The van der Waals surface area contributed by atoms with Crippen molar-refractivity contribution in [1.29, 1.82) is 0 Å². The van der Waals surface area contributed by atoms with Gasteiger partial charge in [0.25, 0.3) is 5.91 Å². The average Bonchev–Trinajstić information content (AvgIpc) is 3.38. The molecule has 1 fully saturated rings. The van der Waals surface area contributed by atoms with Gasteiger partial charge in [-0.05, 0) is 53.7 Å². The largest absolute Gasteiger partial charge is 0.494 e. The first-order valence-electron chi connectivity index (χ1n) is 14.2. The van der Waals surface area contributed by atoms with Gasteiger partial charge in [0, 0.05) is 31.4 Å². The van der Waals surface area contributed by atoms with Crippen LogP contribution in [0, 0.1) is 0 Å². The Morgan fingerprint density at radius 1 is 0.773 bits per heavy atom. The van der Waals surface area contributed by atoms with Crippen LogP contribution in [0.2, 0.25) is 0 Å². The summed E-state index contributed by atoms with van der Waals surface area (Å²) in [4.78, 5) is 55.7. The highest BCUT2D eigenvalue weighted by Gasteiger charge is 2.80. The molecule has 11 nitrogen and oxygen atoms in total. The summed E-state index contributed by atoms with van der Waals surface area (Å²) in [5.74, 6) is -3.09. The summed E-state index contributed by atoms with van der Waals surface area (Å²) in [6, 6.07) is 14.0. The Balaban J connectivity index is 1.94. The number of rotatable bonds is 5. The number of amides is 1. The fourth-order valence-corrected chi connectivity index (χ4v) is 7.10. The topological polar surface area (TPSA) is 143 Å². The van der Waals surface area contributed by atoms with E-state index < -0.39 is 51.9 Å². The lowest BCUT2D eigenvalue weighted by atomic mass is 9.60. The number of esters is 3. The number of carbonyl (C=O) groups is 4. The van der Waals surface area contributed by atoms with Crippen LogP contribution < -0.4 is 10.6 Å². The van der Waals surface area contributed by atoms with Gasteiger partial charge in [-0.25, -0.2) is 4.99 Å². The molecule has 232 valence electrons. The predicted molar refractivity (Wildman–Crippen MR) is 158 cm³/mol. The number of aromatic hydroxyl groups is 1. The monoisotopic (exact) mass is 604 g/mol. The summed E-state index contributed by atoms with van der Waals surface area (Å²) in [7, 11) is 0. The standard InChI is InChI=1S/C33H36N2O9/c1-18(36)41-30(6)29(4,5)44-33(9,32(8,43-20(3)38)31(30,7)42-19(2)37)35-24-17-13-11-15-22(24)26(28(35)40)25-21-14-10-12-16-23(21)34-27(25)39/h10-17,40H,1-9H3. The Kier molecular flexibility index (Phi) is 6.85. The van der Waals surface area contributed by atoms with Crippen molar-refractivity contribution in [3.05, 3.63) is 64.7 Å². The number of hydrogen-bond acceptors (Lipinski definition) is 9. The molecule has 2 aromatic carbocycles. The fraction of sp³-hybridized carbons (Fsp3) is 0.424. The smallest absolute Gasteiger partial charge is 0.303 e. The number of para-hydroxylation sites is 2. The maximum Gasteiger partial charge on any atom is 0.303 e. The molecule has 0 saturated carbocycles. The Morgan fingerprint density at radius 2 is 1.30 bits per heavy atom. The Hall–Kier alpha value is -4.51. The third-order valence-corrected chi connectivity index (χ3v) is 9.49. The second-order valence-corrected chi connectivity index (χ2v) is 12.3. The summed E-state index contributed by atoms with van der Waals surface area (Å²) >= 11 is 0. The number of fused-ring (bicyclic) bond motifs is 2. The first-order valence-corrected chi connectivity index (χ1v) is 14.2. The second-order valence-electron chi connectivity index (χ2n) is 12.3. The highest BCUT2D eigenvalue weighted by molar-refractivity contribution is 6.25. The molecule has 1 amide bonds. The molecule has 3 heterocycles. The lowest BCUT2D eigenvalue weighted by Gasteiger charge is -2.67. The Labute approximate surface area is 254 Å². The molecular weight excluding hydrogens is 568 g/mol. The first kappa shape index (κ1) is 30.9. The molecule has 0 spiro atoms. The van der Waals surface area contributed by atoms with Crippen LogP contribution >= 0.6 is 0 Å². The van der Waals surface area contributed by atoms with E-state index in [1.165, 1.54) is 39.2 Å². The van der Waals surface area contributed by atoms with Crippen LogP contribution in [-0.4, -0.2) is 55.9 Å². The minimum absolute atomic E-state index is 0.188. The zero-order valence-corrected chi connectivity index (χ0v) is 26.2. The Morgan fingerprint density at radius 3 is 1.91 bits per heavy atom. The maximum absolute atomic E-state index is 13.4. The third-order valence-electron chi connectivity index (χ3n) is 9.49. The summed E-state index contributed by atoms with van der Waals surface area (Å²) < 4.78 is 26.3. The molecule has 2 aliphatic heterocycles. The molecule has 3 aromatic rings. The molecular formula is C33H36N2O9. The van der Waals surface area contributed by atoms with Crippen LogP contribution in [0.25, 0.3) is 16.5 Å². The van der Waals surface area contributed by atoms with Gasteiger partial charge >= 0.3 is 17.9 Å². The molecule has 0 radical (unpaired) electrons. The summed E-state index contributed by atoms with van der Waals surface area (Å²) in [6.45, 7) is 13.0. The number of hydrogen-bond donors (Lipinski definition) is 1. The van der Waals surface area contributed by atoms with Crippen LogP contribution in [0.4, 0.5) is 0 Å². The van der Waals surface area contributed by atoms with Crippen molar-refractivity contribution in [2.24, 2.45) is 4.99 Å². The van der Waals surface area contributed by atoms with E-state index in [4.69, 9.17) is 18.9 Å². The van der Waals surface area contributed by atoms with Crippen LogP contribution in [-0.2, 0) is 43.9 Å². The van der Waals surface area contributed by atoms with Crippen molar-refractivity contribution in [1.82, 2.24) is 4.57 Å². The maximum atomic E-state index is 13.4. The quantitative estimate of drug-likeness (QED) is 0.343. The third kappa shape index (κ3) is 3.94. The van der Waals surface area contributed by atoms with Gasteiger partial charge in [0.1, 0.15) is 5.60 Å². The Bertz CT molecular complexity index is 1890. The van der Waals surface area contributed by atoms with E-state index in [9.17, 15) is 24.3 Å². The molecule has 1 N–H and O–H groups in total. The van der Waals surface area contributed by atoms with Gasteiger partial charge in [-0.3, -0.25) is 23.7 Å². The van der Waals surface area contributed by atoms with Gasteiger partial charge in [-0.2, -0.15) is 0 Å². The number of aromatic nitrogens is 1. The molecule has 4 unspecified atom stereocenters. The molecule has 0 bridgehead atoms. The molecule has 0 aliphatic carbocycles. The lowest BCUT2D eigenvalue weighted by molar-refractivity contribution is -0.416. The van der Waals surface area contributed by atoms with Crippen molar-refractivity contribution in [3.8, 4) is 5.88 Å². The van der Waals surface area contributed by atoms with Crippen LogP contribution in [0.5, 0.6) is 5.88 Å². The van der Waals surface area contributed by atoms with E-state index in [2.05, 4.69) is 4.99 Å². The molecule has 1 saturated heterocycles. The SMILES string of the molecule is CC(=O)OC1(C)C(C)(C)OC(C)(n2c(O)c(C3=c4ccccc4=NC3=O)c3ccccc32)C(C)(OC(C)=O)C1(C)OC(C)=O. The normalized spacial score (nSPS) is 29.1. The first-order chi connectivity index (χ1) is 20.3. The van der Waals surface area contributed by atoms with Gasteiger partial charge in [-0.15, -0.1) is 0 Å². The average molecular weight is 605 g/mol. The highest BCUT2D eigenvalue weighted by atomic mass is 16.7. The second kappa shape index (κ2) is 9.75. The van der Waals surface area contributed by atoms with Gasteiger partial charge in [0.2, 0.25) is 5.88 Å². The summed E-state index contributed by atoms with van der Waals surface area (Å²) in [5, 5.41) is 13.7. The lowest BCUT2D eigenvalue weighted by Crippen LogP contribution is -2.85. The molecule has 4 atom stereocenters. The molecule has 44 heavy (non-hydrogen) atoms. The van der Waals surface area contributed by atoms with Gasteiger partial charge in [0.15, 0.2) is 22.5 Å². The highest BCUT2D eigenvalue weighted by Crippen LogP contribution is 2.61. The minimum Gasteiger partial charge on any atom is -0.494 e. The molecule has 11 heteroatoms. The van der Waals surface area contributed by atoms with Crippen LogP contribution in [0.1, 0.15) is 67.9 Å². The zero-order valence-electron chi connectivity index (χ0n) is 26.2. The molecule has 1 aromatic heterocycles. The van der Waals surface area contributed by atoms with Crippen LogP contribution in [0.3, 0.4) is 0 Å². The van der Waals surface area contributed by atoms with E-state index in [1.807, 2.05) is 0 Å². The predicted octanol–water partition coefficient (Wildman–Crippen LogP) is 3.15. The minimum atomic E-state index is -1.99. The summed E-state index contributed by atoms with van der Waals surface area (Å²) in [5.41, 5.74) is -8.15. The number of benzene rings is 2. The zero-order chi connectivity index (χ0) is 32.6. The van der Waals surface area contributed by atoms with Crippen molar-refractivity contribution in [3.63, 3.8) is 0 Å².